The predicted octanol–water partition coefficient (Wildman–Crippen LogP) is 2.26. The molecule has 21 heavy (non-hydrogen) atoms. The molecule has 4 N–H and O–H groups in total. The summed E-state index contributed by atoms with van der Waals surface area (Å²) in [6, 6.07) is 3.29. The Hall–Kier alpha value is -2.11. The summed E-state index contributed by atoms with van der Waals surface area (Å²) in [6.07, 6.45) is 7.13. The van der Waals surface area contributed by atoms with Gasteiger partial charge < -0.3 is 16.3 Å². The Bertz CT molecular complexity index is 471. The van der Waals surface area contributed by atoms with Gasteiger partial charge in [0.2, 0.25) is 0 Å². The zero-order chi connectivity index (χ0) is 15.7. The molecule has 0 aliphatic carbocycles. The van der Waals surface area contributed by atoms with Gasteiger partial charge in [-0.05, 0) is 25.5 Å². The monoisotopic (exact) mass is 292 g/mol. The molecule has 6 nitrogen and oxygen atoms in total. The second-order valence-corrected chi connectivity index (χ2v) is 5.14. The quantitative estimate of drug-likeness (QED) is 0.225. The lowest BCUT2D eigenvalue weighted by molar-refractivity contribution is 0.0933. The van der Waals surface area contributed by atoms with E-state index in [0.29, 0.717) is 11.3 Å². The average molecular weight is 292 g/mol. The molecule has 1 aromatic heterocycles. The van der Waals surface area contributed by atoms with E-state index in [1.54, 1.807) is 12.1 Å². The average Bonchev–Trinajstić information content (AvgIpc) is 2.51. The van der Waals surface area contributed by atoms with E-state index in [2.05, 4.69) is 22.4 Å². The SMILES string of the molecule is CCCCCCC(C)NC(=O)c1ccc(C(N)=NO)cn1. The first-order valence-electron chi connectivity index (χ1n) is 7.33. The maximum Gasteiger partial charge on any atom is 0.270 e. The summed E-state index contributed by atoms with van der Waals surface area (Å²) in [5.41, 5.74) is 6.24. The lowest BCUT2D eigenvalue weighted by atomic mass is 10.1. The van der Waals surface area contributed by atoms with Crippen molar-refractivity contribution in [3.05, 3.63) is 29.6 Å². The van der Waals surface area contributed by atoms with Crippen LogP contribution >= 0.6 is 0 Å². The van der Waals surface area contributed by atoms with Crippen LogP contribution in [0.15, 0.2) is 23.5 Å². The van der Waals surface area contributed by atoms with Crippen LogP contribution in [-0.2, 0) is 0 Å². The molecule has 1 aromatic rings. The first kappa shape index (κ1) is 16.9. The van der Waals surface area contributed by atoms with Gasteiger partial charge in [-0.2, -0.15) is 0 Å². The maximum atomic E-state index is 12.0. The van der Waals surface area contributed by atoms with Crippen LogP contribution in [0.25, 0.3) is 0 Å². The van der Waals surface area contributed by atoms with Gasteiger partial charge in [-0.1, -0.05) is 37.8 Å². The van der Waals surface area contributed by atoms with Crippen molar-refractivity contribution in [1.29, 1.82) is 0 Å². The maximum absolute atomic E-state index is 12.0. The zero-order valence-electron chi connectivity index (χ0n) is 12.7. The van der Waals surface area contributed by atoms with Crippen molar-refractivity contribution in [2.75, 3.05) is 0 Å². The molecule has 0 aromatic carbocycles. The van der Waals surface area contributed by atoms with Crippen LogP contribution in [0.5, 0.6) is 0 Å². The highest BCUT2D eigenvalue weighted by Crippen LogP contribution is 2.06. The van der Waals surface area contributed by atoms with E-state index in [4.69, 9.17) is 10.9 Å². The second-order valence-electron chi connectivity index (χ2n) is 5.14. The summed E-state index contributed by atoms with van der Waals surface area (Å²) in [5, 5.41) is 14.4. The van der Waals surface area contributed by atoms with Crippen molar-refractivity contribution in [3.63, 3.8) is 0 Å². The molecule has 0 fully saturated rings. The Kier molecular flexibility index (Phi) is 7.21. The van der Waals surface area contributed by atoms with Crippen LogP contribution in [0.1, 0.15) is 62.0 Å². The van der Waals surface area contributed by atoms with Crippen LogP contribution in [0.2, 0.25) is 0 Å². The number of oxime groups is 1. The molecular formula is C15H24N4O2. The fraction of sp³-hybridized carbons (Fsp3) is 0.533. The number of nitrogens with two attached hydrogens (primary N) is 1. The number of rotatable bonds is 8. The van der Waals surface area contributed by atoms with E-state index in [1.807, 2.05) is 6.92 Å². The van der Waals surface area contributed by atoms with Gasteiger partial charge in [0.1, 0.15) is 5.69 Å². The first-order chi connectivity index (χ1) is 10.1. The number of carbonyl (C=O) groups excluding carboxylic acids is 1. The van der Waals surface area contributed by atoms with E-state index >= 15 is 0 Å². The van der Waals surface area contributed by atoms with E-state index in [9.17, 15) is 4.79 Å². The van der Waals surface area contributed by atoms with Crippen molar-refractivity contribution in [2.24, 2.45) is 10.9 Å². The van der Waals surface area contributed by atoms with Crippen molar-refractivity contribution in [3.8, 4) is 0 Å². The van der Waals surface area contributed by atoms with E-state index < -0.39 is 0 Å². The van der Waals surface area contributed by atoms with Crippen LogP contribution in [0.4, 0.5) is 0 Å². The minimum atomic E-state index is -0.205. The van der Waals surface area contributed by atoms with Crippen LogP contribution < -0.4 is 11.1 Å². The van der Waals surface area contributed by atoms with E-state index in [0.717, 1.165) is 12.8 Å². The lowest BCUT2D eigenvalue weighted by Gasteiger charge is -2.13. The number of aromatic nitrogens is 1. The van der Waals surface area contributed by atoms with Gasteiger partial charge in [0.05, 0.1) is 0 Å². The smallest absolute Gasteiger partial charge is 0.270 e. The zero-order valence-corrected chi connectivity index (χ0v) is 12.7. The molecule has 1 unspecified atom stereocenters. The highest BCUT2D eigenvalue weighted by Gasteiger charge is 2.11. The summed E-state index contributed by atoms with van der Waals surface area (Å²) in [4.78, 5) is 16.0. The number of nitrogens with one attached hydrogen (secondary N) is 1. The topological polar surface area (TPSA) is 101 Å². The first-order valence-corrected chi connectivity index (χ1v) is 7.33. The largest absolute Gasteiger partial charge is 0.409 e. The van der Waals surface area contributed by atoms with Crippen LogP contribution in [0.3, 0.4) is 0 Å². The summed E-state index contributed by atoms with van der Waals surface area (Å²) >= 11 is 0. The minimum Gasteiger partial charge on any atom is -0.409 e. The Labute approximate surface area is 125 Å². The Morgan fingerprint density at radius 3 is 2.76 bits per heavy atom. The van der Waals surface area contributed by atoms with Gasteiger partial charge >= 0.3 is 0 Å². The normalized spacial score (nSPS) is 13.0. The van der Waals surface area contributed by atoms with Crippen molar-refractivity contribution < 1.29 is 10.0 Å². The molecule has 116 valence electrons. The van der Waals surface area contributed by atoms with Crippen molar-refractivity contribution in [1.82, 2.24) is 10.3 Å². The number of carbonyl (C=O) groups is 1. The third kappa shape index (κ3) is 5.81. The van der Waals surface area contributed by atoms with Gasteiger partial charge in [0.25, 0.3) is 5.91 Å². The number of amides is 1. The fourth-order valence-corrected chi connectivity index (χ4v) is 1.98. The second kappa shape index (κ2) is 8.94. The molecule has 1 atom stereocenters. The number of hydrogen-bond donors (Lipinski definition) is 3. The standard InChI is InChI=1S/C15H24N4O2/c1-3-4-5-6-7-11(2)18-15(20)13-9-8-12(10-17-13)14(16)19-21/h8-11,21H,3-7H2,1-2H3,(H2,16,19)(H,18,20). The number of pyridine rings is 1. The molecule has 0 saturated carbocycles. The number of amidine groups is 1. The highest BCUT2D eigenvalue weighted by atomic mass is 16.4. The van der Waals surface area contributed by atoms with Gasteiger partial charge in [0.15, 0.2) is 5.84 Å². The van der Waals surface area contributed by atoms with Gasteiger partial charge in [-0.25, -0.2) is 0 Å². The third-order valence-electron chi connectivity index (χ3n) is 3.27. The van der Waals surface area contributed by atoms with Crippen LogP contribution in [-0.4, -0.2) is 28.0 Å². The summed E-state index contributed by atoms with van der Waals surface area (Å²) in [7, 11) is 0. The molecular weight excluding hydrogens is 268 g/mol. The third-order valence-corrected chi connectivity index (χ3v) is 3.27. The Balaban J connectivity index is 2.48. The highest BCUT2D eigenvalue weighted by molar-refractivity contribution is 5.98. The Morgan fingerprint density at radius 1 is 1.43 bits per heavy atom. The summed E-state index contributed by atoms with van der Waals surface area (Å²) in [6.45, 7) is 4.17. The fourth-order valence-electron chi connectivity index (χ4n) is 1.98. The van der Waals surface area contributed by atoms with Crippen LogP contribution in [0, 0.1) is 0 Å². The summed E-state index contributed by atoms with van der Waals surface area (Å²) in [5.74, 6) is -0.234. The number of unbranched alkanes of at least 4 members (excludes halogenated alkanes) is 3. The summed E-state index contributed by atoms with van der Waals surface area (Å²) < 4.78 is 0. The van der Waals surface area contributed by atoms with Gasteiger partial charge in [-0.15, -0.1) is 0 Å². The molecule has 1 amide bonds. The van der Waals surface area contributed by atoms with Gasteiger partial charge in [-0.3, -0.25) is 9.78 Å². The molecule has 6 heteroatoms. The molecule has 1 heterocycles. The number of nitrogens with zero attached hydrogens (tertiary/aromatic N) is 2. The Morgan fingerprint density at radius 2 is 2.19 bits per heavy atom. The van der Waals surface area contributed by atoms with Crippen molar-refractivity contribution >= 4 is 11.7 Å². The molecule has 0 aliphatic heterocycles. The molecule has 0 aliphatic rings. The number of hydrogen-bond acceptors (Lipinski definition) is 4. The predicted molar refractivity (Wildman–Crippen MR) is 82.4 cm³/mol. The molecule has 0 bridgehead atoms. The van der Waals surface area contributed by atoms with E-state index in [-0.39, 0.29) is 17.8 Å². The van der Waals surface area contributed by atoms with Gasteiger partial charge in [0, 0.05) is 17.8 Å². The molecule has 1 rings (SSSR count). The molecule has 0 saturated heterocycles. The molecule has 0 radical (unpaired) electrons. The van der Waals surface area contributed by atoms with Crippen molar-refractivity contribution in [2.45, 2.75) is 52.0 Å². The molecule has 0 spiro atoms. The lowest BCUT2D eigenvalue weighted by Crippen LogP contribution is -2.33. The minimum absolute atomic E-state index is 0.0289. The van der Waals surface area contributed by atoms with E-state index in [1.165, 1.54) is 25.5 Å².